The van der Waals surface area contributed by atoms with Crippen molar-refractivity contribution in [3.05, 3.63) is 23.8 Å². The fourth-order valence-electron chi connectivity index (χ4n) is 2.64. The molecule has 1 aliphatic carbocycles. The van der Waals surface area contributed by atoms with Crippen molar-refractivity contribution in [1.82, 2.24) is 0 Å². The van der Waals surface area contributed by atoms with Gasteiger partial charge in [0.25, 0.3) is 0 Å². The first-order valence-corrected chi connectivity index (χ1v) is 8.86. The molecule has 110 valence electrons. The lowest BCUT2D eigenvalue weighted by atomic mass is 10.0. The van der Waals surface area contributed by atoms with Crippen molar-refractivity contribution in [3.8, 4) is 0 Å². The normalized spacial score (nSPS) is 16.3. The standard InChI is InChI=1S/C15H21NO3S/c1-11-7-8-13(20(2,18)19)10-14(11)16-15(17)9-12-5-3-4-6-12/h7-8,10,12H,3-6,9H2,1-2H3,(H,16,17). The Morgan fingerprint density at radius 1 is 1.30 bits per heavy atom. The molecule has 0 unspecified atom stereocenters. The minimum Gasteiger partial charge on any atom is -0.326 e. The molecule has 20 heavy (non-hydrogen) atoms. The summed E-state index contributed by atoms with van der Waals surface area (Å²) in [6.07, 6.45) is 6.36. The summed E-state index contributed by atoms with van der Waals surface area (Å²) >= 11 is 0. The number of hydrogen-bond donors (Lipinski definition) is 1. The molecule has 0 aliphatic heterocycles. The molecular formula is C15H21NO3S. The Kier molecular flexibility index (Phi) is 4.48. The van der Waals surface area contributed by atoms with E-state index in [2.05, 4.69) is 5.32 Å². The zero-order valence-electron chi connectivity index (χ0n) is 12.0. The topological polar surface area (TPSA) is 63.2 Å². The smallest absolute Gasteiger partial charge is 0.224 e. The number of amides is 1. The fraction of sp³-hybridized carbons (Fsp3) is 0.533. The molecule has 1 aromatic rings. The highest BCUT2D eigenvalue weighted by atomic mass is 32.2. The van der Waals surface area contributed by atoms with Gasteiger partial charge in [-0.15, -0.1) is 0 Å². The van der Waals surface area contributed by atoms with Crippen molar-refractivity contribution < 1.29 is 13.2 Å². The molecule has 1 amide bonds. The summed E-state index contributed by atoms with van der Waals surface area (Å²) in [5, 5.41) is 2.85. The summed E-state index contributed by atoms with van der Waals surface area (Å²) in [4.78, 5) is 12.3. The third-order valence-corrected chi connectivity index (χ3v) is 4.97. The van der Waals surface area contributed by atoms with Crippen molar-refractivity contribution in [1.29, 1.82) is 0 Å². The van der Waals surface area contributed by atoms with Gasteiger partial charge in [-0.25, -0.2) is 8.42 Å². The predicted octanol–water partition coefficient (Wildman–Crippen LogP) is 2.92. The van der Waals surface area contributed by atoms with Crippen LogP contribution in [0.4, 0.5) is 5.69 Å². The predicted molar refractivity (Wildman–Crippen MR) is 79.5 cm³/mol. The number of carbonyl (C=O) groups excluding carboxylic acids is 1. The Bertz CT molecular complexity index is 602. The molecule has 5 heteroatoms. The Labute approximate surface area is 120 Å². The molecule has 0 saturated heterocycles. The Morgan fingerprint density at radius 2 is 1.95 bits per heavy atom. The van der Waals surface area contributed by atoms with Crippen LogP contribution in [-0.2, 0) is 14.6 Å². The average molecular weight is 295 g/mol. The first-order valence-electron chi connectivity index (χ1n) is 6.97. The first-order chi connectivity index (χ1) is 9.36. The monoisotopic (exact) mass is 295 g/mol. The summed E-state index contributed by atoms with van der Waals surface area (Å²) in [6, 6.07) is 4.83. The van der Waals surface area contributed by atoms with Gasteiger partial charge in [0.2, 0.25) is 5.91 Å². The van der Waals surface area contributed by atoms with Gasteiger partial charge < -0.3 is 5.32 Å². The highest BCUT2D eigenvalue weighted by Gasteiger charge is 2.19. The van der Waals surface area contributed by atoms with Crippen molar-refractivity contribution in [2.45, 2.75) is 43.9 Å². The number of hydrogen-bond acceptors (Lipinski definition) is 3. The number of rotatable bonds is 4. The minimum absolute atomic E-state index is 0.0225. The summed E-state index contributed by atoms with van der Waals surface area (Å²) in [7, 11) is -3.25. The molecule has 1 aliphatic rings. The van der Waals surface area contributed by atoms with Gasteiger partial charge in [-0.1, -0.05) is 18.9 Å². The van der Waals surface area contributed by atoms with Gasteiger partial charge in [0.1, 0.15) is 0 Å². The van der Waals surface area contributed by atoms with Crippen LogP contribution in [0.2, 0.25) is 0 Å². The van der Waals surface area contributed by atoms with Crippen molar-refractivity contribution in [2.75, 3.05) is 11.6 Å². The van der Waals surface area contributed by atoms with Gasteiger partial charge in [-0.05, 0) is 43.4 Å². The van der Waals surface area contributed by atoms with Crippen LogP contribution in [0.3, 0.4) is 0 Å². The zero-order valence-corrected chi connectivity index (χ0v) is 12.8. The van der Waals surface area contributed by atoms with Gasteiger partial charge >= 0.3 is 0 Å². The molecule has 4 nitrogen and oxygen atoms in total. The lowest BCUT2D eigenvalue weighted by Gasteiger charge is -2.12. The molecular weight excluding hydrogens is 274 g/mol. The molecule has 0 bridgehead atoms. The lowest BCUT2D eigenvalue weighted by molar-refractivity contribution is -0.117. The Morgan fingerprint density at radius 3 is 2.55 bits per heavy atom. The van der Waals surface area contributed by atoms with Gasteiger partial charge in [0.05, 0.1) is 4.90 Å². The molecule has 1 N–H and O–H groups in total. The summed E-state index contributed by atoms with van der Waals surface area (Å²) in [5.41, 5.74) is 1.47. The van der Waals surface area contributed by atoms with Crippen LogP contribution in [0.5, 0.6) is 0 Å². The number of aryl methyl sites for hydroxylation is 1. The van der Waals surface area contributed by atoms with Crippen LogP contribution < -0.4 is 5.32 Å². The highest BCUT2D eigenvalue weighted by Crippen LogP contribution is 2.28. The largest absolute Gasteiger partial charge is 0.326 e. The van der Waals surface area contributed by atoms with E-state index in [-0.39, 0.29) is 10.8 Å². The number of sulfone groups is 1. The third kappa shape index (κ3) is 3.82. The lowest BCUT2D eigenvalue weighted by Crippen LogP contribution is -2.16. The van der Waals surface area contributed by atoms with E-state index >= 15 is 0 Å². The fourth-order valence-corrected chi connectivity index (χ4v) is 3.29. The molecule has 0 aromatic heterocycles. The van der Waals surface area contributed by atoms with Gasteiger partial charge in [0.15, 0.2) is 9.84 Å². The second-order valence-electron chi connectivity index (χ2n) is 5.65. The number of carbonyl (C=O) groups is 1. The zero-order chi connectivity index (χ0) is 14.8. The van der Waals surface area contributed by atoms with Crippen LogP contribution in [-0.4, -0.2) is 20.6 Å². The average Bonchev–Trinajstić information content (AvgIpc) is 2.83. The number of nitrogens with one attached hydrogen (secondary N) is 1. The second-order valence-corrected chi connectivity index (χ2v) is 7.67. The molecule has 1 fully saturated rings. The van der Waals surface area contributed by atoms with Crippen LogP contribution in [0.1, 0.15) is 37.7 Å². The molecule has 0 atom stereocenters. The van der Waals surface area contributed by atoms with E-state index in [1.165, 1.54) is 25.2 Å². The molecule has 0 spiro atoms. The molecule has 2 rings (SSSR count). The second kappa shape index (κ2) is 5.95. The highest BCUT2D eigenvalue weighted by molar-refractivity contribution is 7.90. The van der Waals surface area contributed by atoms with Crippen LogP contribution >= 0.6 is 0 Å². The maximum Gasteiger partial charge on any atom is 0.224 e. The van der Waals surface area contributed by atoms with Crippen molar-refractivity contribution in [2.24, 2.45) is 5.92 Å². The van der Waals surface area contributed by atoms with E-state index in [1.54, 1.807) is 12.1 Å². The quantitative estimate of drug-likeness (QED) is 0.929. The summed E-state index contributed by atoms with van der Waals surface area (Å²) in [5.74, 6) is 0.457. The van der Waals surface area contributed by atoms with Gasteiger partial charge in [0, 0.05) is 18.4 Å². The van der Waals surface area contributed by atoms with E-state index in [1.807, 2.05) is 6.92 Å². The number of benzene rings is 1. The Balaban J connectivity index is 2.09. The Hall–Kier alpha value is -1.36. The maximum absolute atomic E-state index is 12.0. The van der Waals surface area contributed by atoms with Crippen LogP contribution in [0.25, 0.3) is 0 Å². The van der Waals surface area contributed by atoms with E-state index in [0.29, 0.717) is 18.0 Å². The van der Waals surface area contributed by atoms with E-state index < -0.39 is 9.84 Å². The SMILES string of the molecule is Cc1ccc(S(C)(=O)=O)cc1NC(=O)CC1CCCC1. The van der Waals surface area contributed by atoms with Crippen LogP contribution in [0.15, 0.2) is 23.1 Å². The molecule has 0 heterocycles. The van der Waals surface area contributed by atoms with E-state index in [0.717, 1.165) is 18.4 Å². The third-order valence-electron chi connectivity index (χ3n) is 3.86. The number of anilines is 1. The molecule has 0 radical (unpaired) electrons. The minimum atomic E-state index is -3.25. The maximum atomic E-state index is 12.0. The van der Waals surface area contributed by atoms with Crippen molar-refractivity contribution in [3.63, 3.8) is 0 Å². The van der Waals surface area contributed by atoms with E-state index in [9.17, 15) is 13.2 Å². The van der Waals surface area contributed by atoms with Gasteiger partial charge in [-0.2, -0.15) is 0 Å². The molecule has 1 aromatic carbocycles. The van der Waals surface area contributed by atoms with E-state index in [4.69, 9.17) is 0 Å². The van der Waals surface area contributed by atoms with Gasteiger partial charge in [-0.3, -0.25) is 4.79 Å². The van der Waals surface area contributed by atoms with Crippen molar-refractivity contribution >= 4 is 21.4 Å². The summed E-state index contributed by atoms with van der Waals surface area (Å²) < 4.78 is 23.1. The first kappa shape index (κ1) is 15.0. The summed E-state index contributed by atoms with van der Waals surface area (Å²) in [6.45, 7) is 1.86. The molecule has 1 saturated carbocycles. The van der Waals surface area contributed by atoms with Crippen LogP contribution in [0, 0.1) is 12.8 Å².